The number of carbonyl (C=O) groups excluding carboxylic acids is 1. The van der Waals surface area contributed by atoms with E-state index in [9.17, 15) is 18.0 Å². The maximum absolute atomic E-state index is 12.7. The number of nitrogens with zero attached hydrogens (tertiary/aromatic N) is 5. The summed E-state index contributed by atoms with van der Waals surface area (Å²) in [6.45, 7) is 0.487. The zero-order valence-corrected chi connectivity index (χ0v) is 12.8. The molecule has 1 fully saturated rings. The lowest BCUT2D eigenvalue weighted by Crippen LogP contribution is -2.27. The maximum Gasteiger partial charge on any atom is 0.433 e. The Morgan fingerprint density at radius 2 is 2.17 bits per heavy atom. The molecule has 3 heterocycles. The van der Waals surface area contributed by atoms with Crippen molar-refractivity contribution >= 4 is 23.4 Å². The fourth-order valence-electron chi connectivity index (χ4n) is 2.25. The molecule has 10 heteroatoms. The van der Waals surface area contributed by atoms with Gasteiger partial charge in [-0.2, -0.15) is 18.3 Å². The number of halogens is 3. The van der Waals surface area contributed by atoms with Crippen LogP contribution in [-0.4, -0.2) is 37.5 Å². The SMILES string of the molecule is Cn1cc(N2CC[C@@H](Sc3nccc(C(F)(F)F)n3)C2=O)cn1. The fraction of sp³-hybridized carbons (Fsp3) is 0.385. The first kappa shape index (κ1) is 15.8. The number of rotatable bonds is 3. The van der Waals surface area contributed by atoms with Crippen LogP contribution in [0.25, 0.3) is 0 Å². The number of aromatic nitrogens is 4. The van der Waals surface area contributed by atoms with E-state index in [0.717, 1.165) is 24.0 Å². The number of thioether (sulfide) groups is 1. The van der Waals surface area contributed by atoms with Gasteiger partial charge in [0.25, 0.3) is 0 Å². The average molecular weight is 343 g/mol. The normalized spacial score (nSPS) is 18.7. The van der Waals surface area contributed by atoms with E-state index >= 15 is 0 Å². The molecule has 23 heavy (non-hydrogen) atoms. The van der Waals surface area contributed by atoms with Crippen LogP contribution >= 0.6 is 11.8 Å². The quantitative estimate of drug-likeness (QED) is 0.799. The molecule has 2 aromatic rings. The molecule has 2 aromatic heterocycles. The zero-order chi connectivity index (χ0) is 16.6. The lowest BCUT2D eigenvalue weighted by molar-refractivity contribution is -0.141. The summed E-state index contributed by atoms with van der Waals surface area (Å²) < 4.78 is 39.6. The predicted molar refractivity (Wildman–Crippen MR) is 76.9 cm³/mol. The second-order valence-electron chi connectivity index (χ2n) is 4.98. The number of hydrogen-bond acceptors (Lipinski definition) is 5. The van der Waals surface area contributed by atoms with Gasteiger partial charge in [0.05, 0.1) is 17.1 Å². The van der Waals surface area contributed by atoms with Gasteiger partial charge in [0.15, 0.2) is 5.16 Å². The first-order valence-electron chi connectivity index (χ1n) is 6.71. The van der Waals surface area contributed by atoms with Crippen LogP contribution in [0.3, 0.4) is 0 Å². The molecule has 1 saturated heterocycles. The molecule has 0 N–H and O–H groups in total. The second-order valence-corrected chi connectivity index (χ2v) is 6.15. The Kier molecular flexibility index (Phi) is 4.00. The summed E-state index contributed by atoms with van der Waals surface area (Å²) in [5.41, 5.74) is -0.338. The van der Waals surface area contributed by atoms with Crippen molar-refractivity contribution in [1.29, 1.82) is 0 Å². The zero-order valence-electron chi connectivity index (χ0n) is 12.0. The minimum absolute atomic E-state index is 0.0498. The van der Waals surface area contributed by atoms with Crippen molar-refractivity contribution in [3.8, 4) is 0 Å². The van der Waals surface area contributed by atoms with Crippen molar-refractivity contribution in [3.05, 3.63) is 30.4 Å². The van der Waals surface area contributed by atoms with Gasteiger partial charge in [0.2, 0.25) is 5.91 Å². The number of amides is 1. The van der Waals surface area contributed by atoms with Crippen molar-refractivity contribution in [2.24, 2.45) is 7.05 Å². The van der Waals surface area contributed by atoms with Crippen molar-refractivity contribution in [2.75, 3.05) is 11.4 Å². The molecule has 3 rings (SSSR count). The molecular weight excluding hydrogens is 331 g/mol. The van der Waals surface area contributed by atoms with E-state index < -0.39 is 17.1 Å². The van der Waals surface area contributed by atoms with Crippen LogP contribution in [0.5, 0.6) is 0 Å². The molecule has 6 nitrogen and oxygen atoms in total. The van der Waals surface area contributed by atoms with Crippen LogP contribution in [0.2, 0.25) is 0 Å². The van der Waals surface area contributed by atoms with Gasteiger partial charge in [-0.05, 0) is 12.5 Å². The largest absolute Gasteiger partial charge is 0.433 e. The van der Waals surface area contributed by atoms with Gasteiger partial charge in [-0.15, -0.1) is 0 Å². The van der Waals surface area contributed by atoms with Crippen molar-refractivity contribution in [3.63, 3.8) is 0 Å². The standard InChI is InChI=1S/C13H12F3N5OS/c1-20-7-8(6-18-20)21-5-3-9(11(21)22)23-12-17-4-2-10(19-12)13(14,15)16/h2,4,6-7,9H,3,5H2,1H3/t9-/m1/s1. The van der Waals surface area contributed by atoms with Crippen LogP contribution < -0.4 is 4.90 Å². The van der Waals surface area contributed by atoms with Crippen LogP contribution in [0, 0.1) is 0 Å². The summed E-state index contributed by atoms with van der Waals surface area (Å²) in [5, 5.41) is 3.46. The fourth-order valence-corrected chi connectivity index (χ4v) is 3.23. The Labute approximate surface area is 133 Å². The molecule has 1 aliphatic rings. The Morgan fingerprint density at radius 1 is 1.39 bits per heavy atom. The summed E-state index contributed by atoms with van der Waals surface area (Å²) in [7, 11) is 1.74. The maximum atomic E-state index is 12.7. The van der Waals surface area contributed by atoms with Crippen LogP contribution in [0.4, 0.5) is 18.9 Å². The van der Waals surface area contributed by atoms with Gasteiger partial charge >= 0.3 is 6.18 Å². The third-order valence-corrected chi connectivity index (χ3v) is 4.46. The number of hydrogen-bond donors (Lipinski definition) is 0. The Bertz CT molecular complexity index is 732. The minimum Gasteiger partial charge on any atom is -0.308 e. The molecule has 0 aromatic carbocycles. The van der Waals surface area contributed by atoms with Crippen LogP contribution in [0.1, 0.15) is 12.1 Å². The highest BCUT2D eigenvalue weighted by Gasteiger charge is 2.36. The van der Waals surface area contributed by atoms with Gasteiger partial charge in [-0.3, -0.25) is 9.48 Å². The minimum atomic E-state index is -4.53. The third kappa shape index (κ3) is 3.31. The molecule has 0 aliphatic carbocycles. The summed E-state index contributed by atoms with van der Waals surface area (Å²) >= 11 is 0.954. The molecule has 122 valence electrons. The molecule has 0 radical (unpaired) electrons. The van der Waals surface area contributed by atoms with E-state index in [-0.39, 0.29) is 11.1 Å². The van der Waals surface area contributed by atoms with E-state index in [0.29, 0.717) is 18.7 Å². The third-order valence-electron chi connectivity index (χ3n) is 3.33. The molecular formula is C13H12F3N5OS. The van der Waals surface area contributed by atoms with E-state index in [1.54, 1.807) is 29.0 Å². The van der Waals surface area contributed by atoms with Crippen LogP contribution in [0.15, 0.2) is 29.8 Å². The van der Waals surface area contributed by atoms with Gasteiger partial charge in [0.1, 0.15) is 5.69 Å². The lowest BCUT2D eigenvalue weighted by Gasteiger charge is -2.14. The van der Waals surface area contributed by atoms with Gasteiger partial charge in [0, 0.05) is 26.0 Å². The molecule has 1 atom stereocenters. The predicted octanol–water partition coefficient (Wildman–Crippen LogP) is 2.13. The monoisotopic (exact) mass is 343 g/mol. The Balaban J connectivity index is 1.73. The first-order valence-corrected chi connectivity index (χ1v) is 7.59. The van der Waals surface area contributed by atoms with E-state index in [2.05, 4.69) is 15.1 Å². The first-order chi connectivity index (χ1) is 10.8. The molecule has 0 bridgehead atoms. The highest BCUT2D eigenvalue weighted by Crippen LogP contribution is 2.33. The topological polar surface area (TPSA) is 63.9 Å². The van der Waals surface area contributed by atoms with Crippen molar-refractivity contribution in [1.82, 2.24) is 19.7 Å². The molecule has 1 aliphatic heterocycles. The number of alkyl halides is 3. The van der Waals surface area contributed by atoms with Gasteiger partial charge < -0.3 is 4.90 Å². The van der Waals surface area contributed by atoms with Crippen molar-refractivity contribution in [2.45, 2.75) is 23.0 Å². The smallest absolute Gasteiger partial charge is 0.308 e. The number of anilines is 1. The van der Waals surface area contributed by atoms with Crippen LogP contribution in [-0.2, 0) is 18.0 Å². The number of carbonyl (C=O) groups is 1. The lowest BCUT2D eigenvalue weighted by atomic mass is 10.4. The summed E-state index contributed by atoms with van der Waals surface area (Å²) in [5.74, 6) is -0.177. The van der Waals surface area contributed by atoms with E-state index in [1.165, 1.54) is 0 Å². The summed E-state index contributed by atoms with van der Waals surface area (Å²) in [4.78, 5) is 21.3. The van der Waals surface area contributed by atoms with Crippen molar-refractivity contribution < 1.29 is 18.0 Å². The highest BCUT2D eigenvalue weighted by atomic mass is 32.2. The Morgan fingerprint density at radius 3 is 2.83 bits per heavy atom. The summed E-state index contributed by atoms with van der Waals surface area (Å²) in [6, 6.07) is 0.808. The van der Waals surface area contributed by atoms with Gasteiger partial charge in [-0.25, -0.2) is 9.97 Å². The average Bonchev–Trinajstić information content (AvgIpc) is 3.06. The van der Waals surface area contributed by atoms with E-state index in [4.69, 9.17) is 0 Å². The molecule has 0 spiro atoms. The number of aryl methyl sites for hydroxylation is 1. The highest BCUT2D eigenvalue weighted by molar-refractivity contribution is 8.00. The molecule has 0 saturated carbocycles. The second kappa shape index (κ2) is 5.84. The Hall–Kier alpha value is -2.10. The molecule has 0 unspecified atom stereocenters. The van der Waals surface area contributed by atoms with E-state index in [1.807, 2.05) is 0 Å². The van der Waals surface area contributed by atoms with Gasteiger partial charge in [-0.1, -0.05) is 11.8 Å². The molecule has 1 amide bonds. The summed E-state index contributed by atoms with van der Waals surface area (Å²) in [6.07, 6.45) is 0.325.